The van der Waals surface area contributed by atoms with Gasteiger partial charge in [0, 0.05) is 11.1 Å². The van der Waals surface area contributed by atoms with Gasteiger partial charge in [0.1, 0.15) is 0 Å². The average Bonchev–Trinajstić information content (AvgIpc) is 2.78. The molecule has 4 rings (SSSR count). The number of halogens is 1. The van der Waals surface area contributed by atoms with Crippen molar-refractivity contribution < 1.29 is 8.42 Å². The summed E-state index contributed by atoms with van der Waals surface area (Å²) < 4.78 is 28.5. The minimum atomic E-state index is -3.56. The lowest BCUT2D eigenvalue weighted by Gasteiger charge is -2.28. The van der Waals surface area contributed by atoms with Gasteiger partial charge in [-0.1, -0.05) is 65.7 Å². The van der Waals surface area contributed by atoms with Crippen LogP contribution < -0.4 is 4.72 Å². The van der Waals surface area contributed by atoms with Crippen molar-refractivity contribution in [2.45, 2.75) is 50.5 Å². The number of benzene rings is 3. The second-order valence-corrected chi connectivity index (χ2v) is 10.6. The Kier molecular flexibility index (Phi) is 6.85. The number of sulfonamides is 1. The van der Waals surface area contributed by atoms with E-state index in [1.165, 1.54) is 33.4 Å². The van der Waals surface area contributed by atoms with Crippen molar-refractivity contribution in [2.75, 3.05) is 0 Å². The summed E-state index contributed by atoms with van der Waals surface area (Å²) in [4.78, 5) is 0.253. The molecule has 32 heavy (non-hydrogen) atoms. The van der Waals surface area contributed by atoms with Crippen LogP contribution >= 0.6 is 11.6 Å². The summed E-state index contributed by atoms with van der Waals surface area (Å²) in [6, 6.07) is 23.3. The molecule has 3 aromatic carbocycles. The predicted octanol–water partition coefficient (Wildman–Crippen LogP) is 6.68. The molecule has 0 aliphatic heterocycles. The molecule has 1 aliphatic rings. The van der Waals surface area contributed by atoms with Gasteiger partial charge >= 0.3 is 0 Å². The van der Waals surface area contributed by atoms with E-state index in [1.807, 2.05) is 0 Å². The van der Waals surface area contributed by atoms with Gasteiger partial charge in [-0.05, 0) is 91.6 Å². The van der Waals surface area contributed by atoms with Crippen LogP contribution in [0.5, 0.6) is 0 Å². The molecule has 166 valence electrons. The van der Waals surface area contributed by atoms with Crippen molar-refractivity contribution >= 4 is 27.2 Å². The van der Waals surface area contributed by atoms with Crippen LogP contribution in [0.3, 0.4) is 0 Å². The minimum Gasteiger partial charge on any atom is -0.208 e. The number of allylic oxidation sites excluding steroid dienone is 1. The van der Waals surface area contributed by atoms with Crippen molar-refractivity contribution in [1.29, 1.82) is 0 Å². The summed E-state index contributed by atoms with van der Waals surface area (Å²) in [7, 11) is -3.56. The quantitative estimate of drug-likeness (QED) is 0.456. The maximum absolute atomic E-state index is 12.8. The third-order valence-corrected chi connectivity index (χ3v) is 8.01. The summed E-state index contributed by atoms with van der Waals surface area (Å²) in [6.45, 7) is 4.31. The lowest BCUT2D eigenvalue weighted by molar-refractivity contribution is 0.466. The molecule has 0 amide bonds. The zero-order valence-corrected chi connectivity index (χ0v) is 20.0. The summed E-state index contributed by atoms with van der Waals surface area (Å²) in [5, 5.41) is 0.524. The molecule has 1 saturated carbocycles. The molecule has 1 N–H and O–H groups in total. The van der Waals surface area contributed by atoms with Gasteiger partial charge in [-0.25, -0.2) is 13.1 Å². The van der Waals surface area contributed by atoms with Crippen molar-refractivity contribution in [2.24, 2.45) is 0 Å². The Morgan fingerprint density at radius 1 is 0.812 bits per heavy atom. The molecule has 3 aromatic rings. The molecule has 1 fully saturated rings. The van der Waals surface area contributed by atoms with Crippen molar-refractivity contribution in [3.8, 4) is 0 Å². The maximum Gasteiger partial charge on any atom is 0.240 e. The predicted molar refractivity (Wildman–Crippen MR) is 132 cm³/mol. The van der Waals surface area contributed by atoms with Gasteiger partial charge < -0.3 is 0 Å². The van der Waals surface area contributed by atoms with Crippen molar-refractivity contribution in [1.82, 2.24) is 4.72 Å². The van der Waals surface area contributed by atoms with Crippen molar-refractivity contribution in [3.63, 3.8) is 0 Å². The summed E-state index contributed by atoms with van der Waals surface area (Å²) in [5.41, 5.74) is 7.73. The number of hydrogen-bond acceptors (Lipinski definition) is 2. The Bertz CT molecular complexity index is 1190. The summed E-state index contributed by atoms with van der Waals surface area (Å²) in [6.07, 6.45) is 3.30. The van der Waals surface area contributed by atoms with Gasteiger partial charge in [0.2, 0.25) is 10.0 Å². The van der Waals surface area contributed by atoms with Crippen LogP contribution in [0.15, 0.2) is 83.3 Å². The molecule has 0 atom stereocenters. The van der Waals surface area contributed by atoms with E-state index in [4.69, 9.17) is 11.6 Å². The second kappa shape index (κ2) is 9.62. The van der Waals surface area contributed by atoms with Gasteiger partial charge in [0.25, 0.3) is 0 Å². The number of aryl methyl sites for hydroxylation is 2. The van der Waals surface area contributed by atoms with Crippen LogP contribution in [0.25, 0.3) is 5.57 Å². The molecule has 0 spiro atoms. The van der Waals surface area contributed by atoms with Gasteiger partial charge in [0.15, 0.2) is 0 Å². The molecule has 0 saturated heterocycles. The smallest absolute Gasteiger partial charge is 0.208 e. The van der Waals surface area contributed by atoms with Crippen LogP contribution in [-0.2, 0) is 10.0 Å². The standard InChI is InChI=1S/C27H28ClNO2S/c1-19-7-3-5-9-25(19)27(26-10-6-4-8-20(26)2)21-11-15-23(16-12-21)29-32(30,31)24-17-13-22(28)14-18-24/h3-10,13-14,17-18,23,29H,11-12,15-16H2,1-2H3. The van der Waals surface area contributed by atoms with Crippen molar-refractivity contribution in [3.05, 3.63) is 106 Å². The molecule has 0 heterocycles. The van der Waals surface area contributed by atoms with Crippen LogP contribution in [0.2, 0.25) is 5.02 Å². The molecule has 3 nitrogen and oxygen atoms in total. The Morgan fingerprint density at radius 3 is 1.81 bits per heavy atom. The van der Waals surface area contributed by atoms with E-state index < -0.39 is 10.0 Å². The Morgan fingerprint density at radius 2 is 1.31 bits per heavy atom. The fourth-order valence-electron chi connectivity index (χ4n) is 4.47. The summed E-state index contributed by atoms with van der Waals surface area (Å²) >= 11 is 5.90. The van der Waals surface area contributed by atoms with E-state index in [9.17, 15) is 8.42 Å². The van der Waals surface area contributed by atoms with E-state index >= 15 is 0 Å². The van der Waals surface area contributed by atoms with E-state index in [0.29, 0.717) is 5.02 Å². The van der Waals surface area contributed by atoms with Crippen LogP contribution in [0.1, 0.15) is 47.9 Å². The highest BCUT2D eigenvalue weighted by molar-refractivity contribution is 7.89. The Hall–Kier alpha value is -2.40. The largest absolute Gasteiger partial charge is 0.240 e. The van der Waals surface area contributed by atoms with E-state index in [-0.39, 0.29) is 10.9 Å². The first-order chi connectivity index (χ1) is 15.3. The first-order valence-corrected chi connectivity index (χ1v) is 12.8. The SMILES string of the molecule is Cc1ccccc1C(=C1CCC(NS(=O)(=O)c2ccc(Cl)cc2)CC1)c1ccccc1C. The maximum atomic E-state index is 12.8. The van der Waals surface area contributed by atoms with Crippen LogP contribution in [-0.4, -0.2) is 14.5 Å². The van der Waals surface area contributed by atoms with E-state index in [0.717, 1.165) is 25.7 Å². The number of nitrogens with one attached hydrogen (secondary N) is 1. The highest BCUT2D eigenvalue weighted by Gasteiger charge is 2.26. The summed E-state index contributed by atoms with van der Waals surface area (Å²) in [5.74, 6) is 0. The number of hydrogen-bond donors (Lipinski definition) is 1. The molecule has 0 unspecified atom stereocenters. The average molecular weight is 466 g/mol. The zero-order chi connectivity index (χ0) is 22.7. The van der Waals surface area contributed by atoms with E-state index in [1.54, 1.807) is 24.3 Å². The molecule has 0 radical (unpaired) electrons. The monoisotopic (exact) mass is 465 g/mol. The fourth-order valence-corrected chi connectivity index (χ4v) is 5.90. The minimum absolute atomic E-state index is 0.0746. The Balaban J connectivity index is 1.61. The first kappa shape index (κ1) is 22.8. The highest BCUT2D eigenvalue weighted by atomic mass is 35.5. The van der Waals surface area contributed by atoms with E-state index in [2.05, 4.69) is 67.1 Å². The molecular weight excluding hydrogens is 438 g/mol. The van der Waals surface area contributed by atoms with Crippen LogP contribution in [0, 0.1) is 13.8 Å². The zero-order valence-electron chi connectivity index (χ0n) is 18.4. The number of rotatable bonds is 5. The lowest BCUT2D eigenvalue weighted by atomic mass is 9.81. The Labute approximate surface area is 196 Å². The lowest BCUT2D eigenvalue weighted by Crippen LogP contribution is -2.36. The third kappa shape index (κ3) is 4.98. The van der Waals surface area contributed by atoms with Gasteiger partial charge in [-0.15, -0.1) is 0 Å². The molecule has 1 aliphatic carbocycles. The first-order valence-electron chi connectivity index (χ1n) is 11.0. The molecule has 5 heteroatoms. The molecule has 0 aromatic heterocycles. The highest BCUT2D eigenvalue weighted by Crippen LogP contribution is 2.37. The topological polar surface area (TPSA) is 46.2 Å². The van der Waals surface area contributed by atoms with Gasteiger partial charge in [-0.3, -0.25) is 0 Å². The molecular formula is C27H28ClNO2S. The van der Waals surface area contributed by atoms with Gasteiger partial charge in [0.05, 0.1) is 4.90 Å². The second-order valence-electron chi connectivity index (χ2n) is 8.46. The van der Waals surface area contributed by atoms with Crippen LogP contribution in [0.4, 0.5) is 0 Å². The normalized spacial score (nSPS) is 16.7. The molecule has 0 bridgehead atoms. The van der Waals surface area contributed by atoms with Gasteiger partial charge in [-0.2, -0.15) is 0 Å². The third-order valence-electron chi connectivity index (χ3n) is 6.22. The fraction of sp³-hybridized carbons (Fsp3) is 0.259.